The standard InChI is InChI=1S/C18H15ClN6O/c19-16-6-5-14(25-12-21-22-23-25)11-15(16)18(26)20-8-10-24-9-7-13-3-1-2-4-17(13)24/h1-7,9,11-12H,8,10H2,(H,20,26). The Hall–Kier alpha value is -3.19. The number of benzene rings is 2. The van der Waals surface area contributed by atoms with Crippen LogP contribution in [0.4, 0.5) is 0 Å². The lowest BCUT2D eigenvalue weighted by molar-refractivity contribution is 0.0952. The van der Waals surface area contributed by atoms with E-state index in [9.17, 15) is 4.79 Å². The number of hydrogen-bond donors (Lipinski definition) is 1. The van der Waals surface area contributed by atoms with Crippen LogP contribution in [0.1, 0.15) is 10.4 Å². The van der Waals surface area contributed by atoms with Crippen LogP contribution in [-0.2, 0) is 6.54 Å². The van der Waals surface area contributed by atoms with Crippen molar-refractivity contribution in [3.8, 4) is 5.69 Å². The van der Waals surface area contributed by atoms with Crippen LogP contribution < -0.4 is 5.32 Å². The molecule has 0 saturated carbocycles. The lowest BCUT2D eigenvalue weighted by atomic mass is 10.2. The summed E-state index contributed by atoms with van der Waals surface area (Å²) in [6, 6.07) is 15.3. The zero-order valence-corrected chi connectivity index (χ0v) is 14.5. The van der Waals surface area contributed by atoms with Crippen LogP contribution in [0.2, 0.25) is 5.02 Å². The van der Waals surface area contributed by atoms with Gasteiger partial charge in [-0.05, 0) is 46.1 Å². The third kappa shape index (κ3) is 3.16. The molecule has 2 aromatic carbocycles. The molecule has 2 heterocycles. The number of hydrogen-bond acceptors (Lipinski definition) is 4. The average molecular weight is 367 g/mol. The maximum atomic E-state index is 12.5. The quantitative estimate of drug-likeness (QED) is 0.589. The van der Waals surface area contributed by atoms with Crippen LogP contribution in [0.15, 0.2) is 61.1 Å². The van der Waals surface area contributed by atoms with E-state index in [1.54, 1.807) is 18.2 Å². The molecule has 8 heteroatoms. The zero-order valence-electron chi connectivity index (χ0n) is 13.7. The topological polar surface area (TPSA) is 77.6 Å². The van der Waals surface area contributed by atoms with Gasteiger partial charge in [-0.1, -0.05) is 29.8 Å². The molecule has 1 N–H and O–H groups in total. The van der Waals surface area contributed by atoms with Gasteiger partial charge in [0.1, 0.15) is 6.33 Å². The normalized spacial score (nSPS) is 11.0. The first-order valence-electron chi connectivity index (χ1n) is 8.07. The van der Waals surface area contributed by atoms with Gasteiger partial charge in [-0.15, -0.1) is 5.10 Å². The van der Waals surface area contributed by atoms with Crippen molar-refractivity contribution in [3.63, 3.8) is 0 Å². The number of halogens is 1. The average Bonchev–Trinajstić information content (AvgIpc) is 3.32. The summed E-state index contributed by atoms with van der Waals surface area (Å²) < 4.78 is 3.58. The summed E-state index contributed by atoms with van der Waals surface area (Å²) in [5.41, 5.74) is 2.19. The fraction of sp³-hybridized carbons (Fsp3) is 0.111. The van der Waals surface area contributed by atoms with Crippen LogP contribution in [0.25, 0.3) is 16.6 Å². The first kappa shape index (κ1) is 16.3. The molecule has 4 aromatic rings. The number of aromatic nitrogens is 5. The van der Waals surface area contributed by atoms with Gasteiger partial charge in [0.25, 0.3) is 5.91 Å². The highest BCUT2D eigenvalue weighted by Crippen LogP contribution is 2.19. The molecule has 0 atom stereocenters. The second kappa shape index (κ2) is 6.97. The van der Waals surface area contributed by atoms with E-state index in [0.29, 0.717) is 29.4 Å². The van der Waals surface area contributed by atoms with E-state index in [1.165, 1.54) is 16.4 Å². The molecule has 0 unspecified atom stereocenters. The molecule has 0 fully saturated rings. The third-order valence-corrected chi connectivity index (χ3v) is 4.46. The van der Waals surface area contributed by atoms with E-state index in [4.69, 9.17) is 11.6 Å². The van der Waals surface area contributed by atoms with Gasteiger partial charge in [-0.25, -0.2) is 4.68 Å². The number of para-hydroxylation sites is 1. The Morgan fingerprint density at radius 2 is 2.04 bits per heavy atom. The molecular formula is C18H15ClN6O. The fourth-order valence-corrected chi connectivity index (χ4v) is 3.03. The number of rotatable bonds is 5. The molecule has 0 aliphatic heterocycles. The van der Waals surface area contributed by atoms with Crippen molar-refractivity contribution < 1.29 is 4.79 Å². The Morgan fingerprint density at radius 3 is 2.88 bits per heavy atom. The van der Waals surface area contributed by atoms with Gasteiger partial charge in [0, 0.05) is 24.8 Å². The predicted octanol–water partition coefficient (Wildman–Crippen LogP) is 2.70. The Labute approximate surface area is 154 Å². The first-order valence-corrected chi connectivity index (χ1v) is 8.45. The van der Waals surface area contributed by atoms with Gasteiger partial charge in [0.05, 0.1) is 16.3 Å². The monoisotopic (exact) mass is 366 g/mol. The SMILES string of the molecule is O=C(NCCn1ccc2ccccc21)c1cc(-n2cnnn2)ccc1Cl. The van der Waals surface area contributed by atoms with Crippen molar-refractivity contribution in [3.05, 3.63) is 71.6 Å². The number of nitrogens with zero attached hydrogens (tertiary/aromatic N) is 5. The second-order valence-electron chi connectivity index (χ2n) is 5.74. The summed E-state index contributed by atoms with van der Waals surface area (Å²) >= 11 is 6.18. The van der Waals surface area contributed by atoms with Gasteiger partial charge in [0.15, 0.2) is 0 Å². The highest BCUT2D eigenvalue weighted by molar-refractivity contribution is 6.33. The number of tetrazole rings is 1. The van der Waals surface area contributed by atoms with Crippen LogP contribution in [0.3, 0.4) is 0 Å². The minimum Gasteiger partial charge on any atom is -0.350 e. The highest BCUT2D eigenvalue weighted by atomic mass is 35.5. The summed E-state index contributed by atoms with van der Waals surface area (Å²) in [5.74, 6) is -0.235. The van der Waals surface area contributed by atoms with Crippen molar-refractivity contribution in [2.75, 3.05) is 6.54 Å². The molecule has 26 heavy (non-hydrogen) atoms. The van der Waals surface area contributed by atoms with E-state index >= 15 is 0 Å². The zero-order chi connectivity index (χ0) is 17.9. The van der Waals surface area contributed by atoms with Gasteiger partial charge in [-0.3, -0.25) is 4.79 Å². The minimum absolute atomic E-state index is 0.235. The molecule has 0 aliphatic rings. The van der Waals surface area contributed by atoms with E-state index < -0.39 is 0 Å². The van der Waals surface area contributed by atoms with Crippen molar-refractivity contribution in [1.82, 2.24) is 30.1 Å². The van der Waals surface area contributed by atoms with E-state index in [1.807, 2.05) is 18.3 Å². The highest BCUT2D eigenvalue weighted by Gasteiger charge is 2.12. The van der Waals surface area contributed by atoms with Gasteiger partial charge in [-0.2, -0.15) is 0 Å². The van der Waals surface area contributed by atoms with Crippen LogP contribution in [0, 0.1) is 0 Å². The summed E-state index contributed by atoms with van der Waals surface area (Å²) in [6.07, 6.45) is 3.48. The molecule has 7 nitrogen and oxygen atoms in total. The molecule has 0 radical (unpaired) electrons. The van der Waals surface area contributed by atoms with E-state index in [-0.39, 0.29) is 5.91 Å². The lowest BCUT2D eigenvalue weighted by Crippen LogP contribution is -2.27. The van der Waals surface area contributed by atoms with Crippen molar-refractivity contribution in [2.24, 2.45) is 0 Å². The van der Waals surface area contributed by atoms with Gasteiger partial charge >= 0.3 is 0 Å². The third-order valence-electron chi connectivity index (χ3n) is 4.13. The van der Waals surface area contributed by atoms with Crippen LogP contribution >= 0.6 is 11.6 Å². The van der Waals surface area contributed by atoms with Crippen LogP contribution in [-0.4, -0.2) is 37.2 Å². The first-order chi connectivity index (χ1) is 12.7. The smallest absolute Gasteiger partial charge is 0.252 e. The van der Waals surface area contributed by atoms with E-state index in [2.05, 4.69) is 43.6 Å². The molecule has 0 saturated heterocycles. The molecule has 0 aliphatic carbocycles. The number of fused-ring (bicyclic) bond motifs is 1. The van der Waals surface area contributed by atoms with Gasteiger partial charge in [0.2, 0.25) is 0 Å². The fourth-order valence-electron chi connectivity index (χ4n) is 2.83. The second-order valence-corrected chi connectivity index (χ2v) is 6.15. The Morgan fingerprint density at radius 1 is 1.15 bits per heavy atom. The van der Waals surface area contributed by atoms with Crippen molar-refractivity contribution in [1.29, 1.82) is 0 Å². The Balaban J connectivity index is 1.46. The minimum atomic E-state index is -0.235. The Kier molecular flexibility index (Phi) is 4.37. The maximum Gasteiger partial charge on any atom is 0.252 e. The van der Waals surface area contributed by atoms with Crippen LogP contribution in [0.5, 0.6) is 0 Å². The Bertz CT molecular complexity index is 1060. The number of carbonyl (C=O) groups is 1. The van der Waals surface area contributed by atoms with Crippen molar-refractivity contribution in [2.45, 2.75) is 6.54 Å². The number of carbonyl (C=O) groups excluding carboxylic acids is 1. The van der Waals surface area contributed by atoms with Gasteiger partial charge < -0.3 is 9.88 Å². The predicted molar refractivity (Wildman–Crippen MR) is 98.4 cm³/mol. The summed E-state index contributed by atoms with van der Waals surface area (Å²) in [7, 11) is 0. The molecule has 130 valence electrons. The number of amides is 1. The summed E-state index contributed by atoms with van der Waals surface area (Å²) in [6.45, 7) is 1.16. The molecule has 2 aromatic heterocycles. The molecular weight excluding hydrogens is 352 g/mol. The summed E-state index contributed by atoms with van der Waals surface area (Å²) in [5, 5.41) is 15.5. The summed E-state index contributed by atoms with van der Waals surface area (Å²) in [4.78, 5) is 12.5. The molecule has 0 spiro atoms. The lowest BCUT2D eigenvalue weighted by Gasteiger charge is -2.10. The molecule has 1 amide bonds. The van der Waals surface area contributed by atoms with Crippen molar-refractivity contribution >= 4 is 28.4 Å². The van der Waals surface area contributed by atoms with E-state index in [0.717, 1.165) is 5.52 Å². The largest absolute Gasteiger partial charge is 0.350 e. The molecule has 0 bridgehead atoms. The maximum absolute atomic E-state index is 12.5. The number of nitrogens with one attached hydrogen (secondary N) is 1. The molecule has 4 rings (SSSR count).